The van der Waals surface area contributed by atoms with Crippen molar-refractivity contribution in [3.63, 3.8) is 0 Å². The number of hydrogen-bond acceptors (Lipinski definition) is 8. The van der Waals surface area contributed by atoms with Crippen LogP contribution in [-0.4, -0.2) is 65.1 Å². The molecule has 2 aliphatic rings. The molecule has 1 aliphatic carbocycles. The SMILES string of the molecule is CC(=O)c1ncc(-c2cc(C)c3c(c2)c(C(C)=O)nn3CC(=O)N2[C@H](C(=O)Nc3nc(Br)ccc3C)C[C@@]3(C)C[C@@H]23)cn1. The van der Waals surface area contributed by atoms with Gasteiger partial charge in [-0.1, -0.05) is 13.0 Å². The molecular formula is C31H30BrN7O4. The molecule has 43 heavy (non-hydrogen) atoms. The molecule has 12 heteroatoms. The Hall–Kier alpha value is -4.32. The van der Waals surface area contributed by atoms with Crippen molar-refractivity contribution < 1.29 is 19.2 Å². The zero-order valence-corrected chi connectivity index (χ0v) is 26.0. The Morgan fingerprint density at radius 2 is 1.72 bits per heavy atom. The lowest BCUT2D eigenvalue weighted by Crippen LogP contribution is -2.47. The largest absolute Gasteiger partial charge is 0.325 e. The van der Waals surface area contributed by atoms with Crippen molar-refractivity contribution in [1.29, 1.82) is 0 Å². The van der Waals surface area contributed by atoms with E-state index in [-0.39, 0.29) is 52.9 Å². The number of pyridine rings is 1. The van der Waals surface area contributed by atoms with Crippen molar-refractivity contribution in [3.8, 4) is 11.1 Å². The van der Waals surface area contributed by atoms with Crippen LogP contribution < -0.4 is 5.32 Å². The Balaban J connectivity index is 1.31. The number of anilines is 1. The second kappa shape index (κ2) is 10.4. The number of Topliss-reactive ketones (excluding diaryl/α,β-unsaturated/α-hetero) is 2. The highest BCUT2D eigenvalue weighted by molar-refractivity contribution is 9.10. The molecule has 0 spiro atoms. The first-order valence-corrected chi connectivity index (χ1v) is 14.8. The maximum atomic E-state index is 13.9. The number of nitrogens with zero attached hydrogens (tertiary/aromatic N) is 6. The third-order valence-electron chi connectivity index (χ3n) is 8.48. The van der Waals surface area contributed by atoms with E-state index in [1.54, 1.807) is 28.0 Å². The molecule has 6 rings (SSSR count). The van der Waals surface area contributed by atoms with Gasteiger partial charge in [0.25, 0.3) is 0 Å². The molecule has 1 aliphatic heterocycles. The first-order valence-electron chi connectivity index (χ1n) is 14.0. The van der Waals surface area contributed by atoms with Crippen molar-refractivity contribution in [2.45, 2.75) is 66.1 Å². The van der Waals surface area contributed by atoms with Crippen LogP contribution >= 0.6 is 15.9 Å². The van der Waals surface area contributed by atoms with Gasteiger partial charge in [0.15, 0.2) is 17.4 Å². The van der Waals surface area contributed by atoms with Gasteiger partial charge in [-0.15, -0.1) is 0 Å². The van der Waals surface area contributed by atoms with Crippen molar-refractivity contribution in [3.05, 3.63) is 63.9 Å². The highest BCUT2D eigenvalue weighted by atomic mass is 79.9. The van der Waals surface area contributed by atoms with Crippen molar-refractivity contribution in [1.82, 2.24) is 29.6 Å². The standard InChI is InChI=1S/C31H30BrN7O4/c1-15-6-7-24(32)35-28(15)36-30(43)22-10-31(5)11-23(31)39(22)25(42)14-38-27-16(2)8-19(9-21(27)26(37-38)17(3)40)20-12-33-29(18(4)41)34-13-20/h6-9,12-13,22-23H,10-11,14H2,1-5H3,(H,35,36,43)/t22-,23+,31-/m0/s1. The number of amides is 2. The van der Waals surface area contributed by atoms with Crippen molar-refractivity contribution >= 4 is 56.0 Å². The molecule has 4 aromatic rings. The number of likely N-dealkylation sites (tertiary alicyclic amines) is 1. The molecule has 1 N–H and O–H groups in total. The van der Waals surface area contributed by atoms with Crippen LogP contribution in [0, 0.1) is 19.3 Å². The summed E-state index contributed by atoms with van der Waals surface area (Å²) in [5.74, 6) is -0.394. The van der Waals surface area contributed by atoms with Crippen molar-refractivity contribution in [2.75, 3.05) is 5.32 Å². The molecule has 0 radical (unpaired) electrons. The Labute approximate surface area is 256 Å². The summed E-state index contributed by atoms with van der Waals surface area (Å²) >= 11 is 3.35. The number of nitrogens with one attached hydrogen (secondary N) is 1. The molecular weight excluding hydrogens is 614 g/mol. The van der Waals surface area contributed by atoms with Gasteiger partial charge in [0, 0.05) is 43.2 Å². The van der Waals surface area contributed by atoms with E-state index in [0.29, 0.717) is 33.3 Å². The fourth-order valence-electron chi connectivity index (χ4n) is 6.13. The van der Waals surface area contributed by atoms with Crippen LogP contribution in [0.3, 0.4) is 0 Å². The maximum absolute atomic E-state index is 13.9. The van der Waals surface area contributed by atoms with E-state index in [1.165, 1.54) is 13.8 Å². The van der Waals surface area contributed by atoms with E-state index in [2.05, 4.69) is 48.2 Å². The number of fused-ring (bicyclic) bond motifs is 2. The van der Waals surface area contributed by atoms with Crippen LogP contribution in [0.15, 0.2) is 41.3 Å². The number of aryl methyl sites for hydroxylation is 2. The predicted molar refractivity (Wildman–Crippen MR) is 163 cm³/mol. The molecule has 1 aromatic carbocycles. The van der Waals surface area contributed by atoms with Gasteiger partial charge in [-0.3, -0.25) is 23.9 Å². The minimum Gasteiger partial charge on any atom is -0.325 e. The van der Waals surface area contributed by atoms with Crippen LogP contribution in [0.4, 0.5) is 5.82 Å². The summed E-state index contributed by atoms with van der Waals surface area (Å²) < 4.78 is 2.17. The second-order valence-corrected chi connectivity index (χ2v) is 12.6. The highest BCUT2D eigenvalue weighted by Crippen LogP contribution is 2.59. The van der Waals surface area contributed by atoms with Crippen LogP contribution in [0.25, 0.3) is 22.0 Å². The van der Waals surface area contributed by atoms with Crippen LogP contribution in [-0.2, 0) is 16.1 Å². The molecule has 0 bridgehead atoms. The fraction of sp³-hybridized carbons (Fsp3) is 0.355. The molecule has 11 nitrogen and oxygen atoms in total. The number of piperidine rings is 1. The Kier molecular flexibility index (Phi) is 6.99. The number of halogens is 1. The van der Waals surface area contributed by atoms with Gasteiger partial charge in [0.2, 0.25) is 11.8 Å². The van der Waals surface area contributed by atoms with Gasteiger partial charge in [-0.05, 0) is 82.9 Å². The molecule has 2 fully saturated rings. The molecule has 4 heterocycles. The lowest BCUT2D eigenvalue weighted by Gasteiger charge is -2.27. The maximum Gasteiger partial charge on any atom is 0.248 e. The Bertz CT molecular complexity index is 1850. The molecule has 2 amide bonds. The first-order chi connectivity index (χ1) is 20.4. The van der Waals surface area contributed by atoms with Gasteiger partial charge in [0.05, 0.1) is 5.52 Å². The van der Waals surface area contributed by atoms with E-state index >= 15 is 0 Å². The molecule has 3 aromatic heterocycles. The molecule has 3 atom stereocenters. The lowest BCUT2D eigenvalue weighted by molar-refractivity contribution is -0.138. The molecule has 1 saturated heterocycles. The summed E-state index contributed by atoms with van der Waals surface area (Å²) in [4.78, 5) is 66.1. The van der Waals surface area contributed by atoms with Gasteiger partial charge in [-0.25, -0.2) is 15.0 Å². The number of rotatable bonds is 7. The molecule has 0 unspecified atom stereocenters. The number of hydrogen-bond donors (Lipinski definition) is 1. The summed E-state index contributed by atoms with van der Waals surface area (Å²) in [5.41, 5.74) is 3.86. The molecule has 220 valence electrons. The van der Waals surface area contributed by atoms with E-state index in [0.717, 1.165) is 23.1 Å². The third-order valence-corrected chi connectivity index (χ3v) is 8.93. The first kappa shape index (κ1) is 28.8. The summed E-state index contributed by atoms with van der Waals surface area (Å²) in [6, 6.07) is 6.73. The Morgan fingerprint density at radius 1 is 1.00 bits per heavy atom. The predicted octanol–water partition coefficient (Wildman–Crippen LogP) is 4.69. The van der Waals surface area contributed by atoms with Gasteiger partial charge < -0.3 is 10.2 Å². The highest BCUT2D eigenvalue weighted by Gasteiger charge is 2.64. The van der Waals surface area contributed by atoms with E-state index in [4.69, 9.17) is 0 Å². The summed E-state index contributed by atoms with van der Waals surface area (Å²) in [6.45, 7) is 8.58. The lowest BCUT2D eigenvalue weighted by atomic mass is 10.0. The number of carbonyl (C=O) groups excluding carboxylic acids is 4. The number of carbonyl (C=O) groups is 4. The number of ketones is 2. The topological polar surface area (TPSA) is 140 Å². The normalized spacial score (nSPS) is 20.7. The smallest absolute Gasteiger partial charge is 0.248 e. The van der Waals surface area contributed by atoms with E-state index < -0.39 is 6.04 Å². The van der Waals surface area contributed by atoms with Crippen molar-refractivity contribution in [2.24, 2.45) is 5.41 Å². The average molecular weight is 645 g/mol. The van der Waals surface area contributed by atoms with Gasteiger partial charge in [0.1, 0.15) is 28.7 Å². The van der Waals surface area contributed by atoms with Crippen LogP contribution in [0.5, 0.6) is 0 Å². The quantitative estimate of drug-likeness (QED) is 0.226. The van der Waals surface area contributed by atoms with Crippen LogP contribution in [0.1, 0.15) is 65.8 Å². The second-order valence-electron chi connectivity index (χ2n) is 11.8. The van der Waals surface area contributed by atoms with E-state index in [9.17, 15) is 19.2 Å². The zero-order valence-electron chi connectivity index (χ0n) is 24.4. The third kappa shape index (κ3) is 5.13. The average Bonchev–Trinajstić information content (AvgIpc) is 3.31. The summed E-state index contributed by atoms with van der Waals surface area (Å²) in [6.07, 6.45) is 4.54. The Morgan fingerprint density at radius 3 is 2.40 bits per heavy atom. The molecule has 1 saturated carbocycles. The van der Waals surface area contributed by atoms with Crippen LogP contribution in [0.2, 0.25) is 0 Å². The van der Waals surface area contributed by atoms with E-state index in [1.807, 2.05) is 32.0 Å². The minimum atomic E-state index is -0.642. The van der Waals surface area contributed by atoms with Gasteiger partial charge in [-0.2, -0.15) is 5.10 Å². The number of aromatic nitrogens is 5. The number of benzene rings is 1. The van der Waals surface area contributed by atoms with Gasteiger partial charge >= 0.3 is 0 Å². The minimum absolute atomic E-state index is 0.0351. The fourth-order valence-corrected chi connectivity index (χ4v) is 6.44. The summed E-state index contributed by atoms with van der Waals surface area (Å²) in [5, 5.41) is 8.10. The zero-order chi connectivity index (χ0) is 30.8. The summed E-state index contributed by atoms with van der Waals surface area (Å²) in [7, 11) is 0. The monoisotopic (exact) mass is 643 g/mol.